The molecule has 0 fully saturated rings. The normalized spacial score (nSPS) is 12.9. The first-order chi connectivity index (χ1) is 10.9. The molecule has 0 radical (unpaired) electrons. The zero-order chi connectivity index (χ0) is 16.6. The monoisotopic (exact) mass is 339 g/mol. The van der Waals surface area contributed by atoms with Crippen molar-refractivity contribution >= 4 is 21.7 Å². The molecule has 0 atom stereocenters. The van der Waals surface area contributed by atoms with Gasteiger partial charge in [-0.1, -0.05) is 0 Å². The highest BCUT2D eigenvalue weighted by Gasteiger charge is 2.22. The Labute approximate surface area is 130 Å². The van der Waals surface area contributed by atoms with Crippen LogP contribution in [0.1, 0.15) is 10.4 Å². The smallest absolute Gasteiger partial charge is 0.335 e. The van der Waals surface area contributed by atoms with Gasteiger partial charge in [-0.25, -0.2) is 17.6 Å². The van der Waals surface area contributed by atoms with Gasteiger partial charge in [-0.2, -0.15) is 0 Å². The third-order valence-corrected chi connectivity index (χ3v) is 4.49. The van der Waals surface area contributed by atoms with E-state index in [1.54, 1.807) is 0 Å². The molecule has 3 rings (SSSR count). The molecule has 9 heteroatoms. The maximum Gasteiger partial charge on any atom is 0.335 e. The van der Waals surface area contributed by atoms with Crippen LogP contribution in [0.2, 0.25) is 0 Å². The Hall–Kier alpha value is -2.81. The highest BCUT2D eigenvalue weighted by Crippen LogP contribution is 2.35. The van der Waals surface area contributed by atoms with Gasteiger partial charge in [0, 0.05) is 6.07 Å². The fraction of sp³-hybridized carbons (Fsp3) is 0.0714. The number of carboxylic acids is 1. The molecule has 2 aromatic rings. The number of rotatable bonds is 4. The molecule has 1 aliphatic rings. The molecule has 7 nitrogen and oxygen atoms in total. The number of fused-ring (bicyclic) bond motifs is 1. The van der Waals surface area contributed by atoms with Gasteiger partial charge in [-0.05, 0) is 30.3 Å². The number of ether oxygens (including phenoxy) is 2. The minimum Gasteiger partial charge on any atom is -0.478 e. The van der Waals surface area contributed by atoms with Gasteiger partial charge in [0.1, 0.15) is 10.7 Å². The predicted molar refractivity (Wildman–Crippen MR) is 76.7 cm³/mol. The lowest BCUT2D eigenvalue weighted by Crippen LogP contribution is -2.15. The van der Waals surface area contributed by atoms with Crippen LogP contribution < -0.4 is 14.2 Å². The van der Waals surface area contributed by atoms with Crippen molar-refractivity contribution in [3.63, 3.8) is 0 Å². The Morgan fingerprint density at radius 2 is 1.87 bits per heavy atom. The van der Waals surface area contributed by atoms with E-state index in [-0.39, 0.29) is 18.0 Å². The molecule has 0 spiro atoms. The van der Waals surface area contributed by atoms with E-state index < -0.39 is 26.7 Å². The molecule has 2 N–H and O–H groups in total. The molecule has 0 unspecified atom stereocenters. The van der Waals surface area contributed by atoms with Crippen molar-refractivity contribution in [2.45, 2.75) is 4.90 Å². The van der Waals surface area contributed by atoms with Gasteiger partial charge in [0.25, 0.3) is 10.0 Å². The average molecular weight is 339 g/mol. The van der Waals surface area contributed by atoms with E-state index in [1.165, 1.54) is 18.2 Å². The number of hydrogen-bond donors (Lipinski definition) is 2. The zero-order valence-electron chi connectivity index (χ0n) is 11.4. The van der Waals surface area contributed by atoms with E-state index in [0.29, 0.717) is 11.5 Å². The number of hydrogen-bond acceptors (Lipinski definition) is 5. The second-order valence-electron chi connectivity index (χ2n) is 4.62. The number of aromatic carboxylic acids is 1. The standard InChI is InChI=1S/C14H10FNO6S/c15-10-3-1-8(14(17)18)5-13(10)23(19,20)16-9-2-4-11-12(6-9)22-7-21-11/h1-6,16H,7H2,(H,17,18). The number of benzene rings is 2. The summed E-state index contributed by atoms with van der Waals surface area (Å²) < 4.78 is 50.8. The lowest BCUT2D eigenvalue weighted by molar-refractivity contribution is 0.0696. The Bertz CT molecular complexity index is 896. The number of sulfonamides is 1. The highest BCUT2D eigenvalue weighted by atomic mass is 32.2. The molecular weight excluding hydrogens is 329 g/mol. The minimum absolute atomic E-state index is 0.0286. The molecule has 0 saturated carbocycles. The Morgan fingerprint density at radius 3 is 2.61 bits per heavy atom. The van der Waals surface area contributed by atoms with Crippen molar-refractivity contribution in [3.05, 3.63) is 47.8 Å². The van der Waals surface area contributed by atoms with Crippen LogP contribution in [-0.4, -0.2) is 26.3 Å². The number of carboxylic acid groups (broad SMARTS) is 1. The lowest BCUT2D eigenvalue weighted by Gasteiger charge is -2.10. The average Bonchev–Trinajstić information content (AvgIpc) is 2.94. The Kier molecular flexibility index (Phi) is 3.57. The summed E-state index contributed by atoms with van der Waals surface area (Å²) in [6.45, 7) is 0.0286. The van der Waals surface area contributed by atoms with Gasteiger partial charge < -0.3 is 14.6 Å². The largest absolute Gasteiger partial charge is 0.478 e. The van der Waals surface area contributed by atoms with Gasteiger partial charge in [0.15, 0.2) is 11.5 Å². The molecule has 0 bridgehead atoms. The van der Waals surface area contributed by atoms with E-state index in [0.717, 1.165) is 18.2 Å². The summed E-state index contributed by atoms with van der Waals surface area (Å²) in [7, 11) is -4.30. The van der Waals surface area contributed by atoms with Gasteiger partial charge >= 0.3 is 5.97 Å². The summed E-state index contributed by atoms with van der Waals surface area (Å²) in [4.78, 5) is 10.2. The maximum atomic E-state index is 13.8. The van der Waals surface area contributed by atoms with E-state index in [2.05, 4.69) is 4.72 Å². The molecule has 0 amide bonds. The fourth-order valence-corrected chi connectivity index (χ4v) is 3.17. The van der Waals surface area contributed by atoms with Crippen molar-refractivity contribution in [3.8, 4) is 11.5 Å². The summed E-state index contributed by atoms with van der Waals surface area (Å²) >= 11 is 0. The Morgan fingerprint density at radius 1 is 1.13 bits per heavy atom. The van der Waals surface area contributed by atoms with Crippen LogP contribution in [0, 0.1) is 5.82 Å². The highest BCUT2D eigenvalue weighted by molar-refractivity contribution is 7.92. The summed E-state index contributed by atoms with van der Waals surface area (Å²) in [5.74, 6) is -1.59. The van der Waals surface area contributed by atoms with Crippen molar-refractivity contribution in [1.29, 1.82) is 0 Å². The second kappa shape index (κ2) is 5.43. The van der Waals surface area contributed by atoms with Gasteiger partial charge in [-0.3, -0.25) is 4.72 Å². The van der Waals surface area contributed by atoms with Crippen molar-refractivity contribution in [2.75, 3.05) is 11.5 Å². The fourth-order valence-electron chi connectivity index (χ4n) is 2.01. The molecule has 2 aromatic carbocycles. The molecule has 0 saturated heterocycles. The molecule has 1 heterocycles. The minimum atomic E-state index is -4.30. The predicted octanol–water partition coefficient (Wildman–Crippen LogP) is 2.05. The number of anilines is 1. The lowest BCUT2D eigenvalue weighted by atomic mass is 10.2. The topological polar surface area (TPSA) is 102 Å². The number of carbonyl (C=O) groups is 1. The van der Waals surface area contributed by atoms with Crippen LogP contribution in [0.25, 0.3) is 0 Å². The van der Waals surface area contributed by atoms with Crippen LogP contribution in [-0.2, 0) is 10.0 Å². The van der Waals surface area contributed by atoms with Crippen molar-refractivity contribution in [2.24, 2.45) is 0 Å². The van der Waals surface area contributed by atoms with Gasteiger partial charge in [0.05, 0.1) is 11.3 Å². The second-order valence-corrected chi connectivity index (χ2v) is 6.27. The zero-order valence-corrected chi connectivity index (χ0v) is 12.3. The summed E-state index contributed by atoms with van der Waals surface area (Å²) in [5, 5.41) is 8.89. The summed E-state index contributed by atoms with van der Waals surface area (Å²) in [6.07, 6.45) is 0. The van der Waals surface area contributed by atoms with E-state index >= 15 is 0 Å². The molecule has 120 valence electrons. The van der Waals surface area contributed by atoms with Crippen LogP contribution in [0.4, 0.5) is 10.1 Å². The SMILES string of the molecule is O=C(O)c1ccc(F)c(S(=O)(=O)Nc2ccc3c(c2)OCO3)c1. The van der Waals surface area contributed by atoms with E-state index in [4.69, 9.17) is 14.6 Å². The quantitative estimate of drug-likeness (QED) is 0.884. The first-order valence-electron chi connectivity index (χ1n) is 6.32. The molecule has 0 aromatic heterocycles. The maximum absolute atomic E-state index is 13.8. The third kappa shape index (κ3) is 2.90. The van der Waals surface area contributed by atoms with Gasteiger partial charge in [0.2, 0.25) is 6.79 Å². The van der Waals surface area contributed by atoms with Crippen LogP contribution >= 0.6 is 0 Å². The summed E-state index contributed by atoms with van der Waals surface area (Å²) in [5.41, 5.74) is -0.202. The van der Waals surface area contributed by atoms with Crippen molar-refractivity contribution < 1.29 is 32.2 Å². The molecule has 1 aliphatic heterocycles. The first-order valence-corrected chi connectivity index (χ1v) is 7.80. The molecule has 23 heavy (non-hydrogen) atoms. The third-order valence-electron chi connectivity index (χ3n) is 3.09. The van der Waals surface area contributed by atoms with Crippen LogP contribution in [0.15, 0.2) is 41.3 Å². The van der Waals surface area contributed by atoms with Crippen molar-refractivity contribution in [1.82, 2.24) is 0 Å². The molecular formula is C14H10FNO6S. The molecule has 0 aliphatic carbocycles. The van der Waals surface area contributed by atoms with E-state index in [1.807, 2.05) is 0 Å². The van der Waals surface area contributed by atoms with Gasteiger partial charge in [-0.15, -0.1) is 0 Å². The first kappa shape index (κ1) is 15.1. The Balaban J connectivity index is 1.96. The van der Waals surface area contributed by atoms with Crippen LogP contribution in [0.5, 0.6) is 11.5 Å². The number of halogens is 1. The van der Waals surface area contributed by atoms with E-state index in [9.17, 15) is 17.6 Å². The summed E-state index contributed by atoms with van der Waals surface area (Å²) in [6, 6.07) is 6.84. The number of nitrogens with one attached hydrogen (secondary N) is 1. The van der Waals surface area contributed by atoms with Crippen LogP contribution in [0.3, 0.4) is 0 Å².